The van der Waals surface area contributed by atoms with E-state index < -0.39 is 10.0 Å². The molecule has 1 aromatic heterocycles. The molecule has 0 aliphatic carbocycles. The molecule has 2 aromatic carbocycles. The van der Waals surface area contributed by atoms with E-state index in [1.807, 2.05) is 18.2 Å². The van der Waals surface area contributed by atoms with Crippen LogP contribution in [0.4, 0.5) is 5.69 Å². The van der Waals surface area contributed by atoms with E-state index in [-0.39, 0.29) is 34.8 Å². The Kier molecular flexibility index (Phi) is 5.81. The Balaban J connectivity index is 1.42. The number of nitrogens with zero attached hydrogens (tertiary/aromatic N) is 2. The van der Waals surface area contributed by atoms with Gasteiger partial charge in [-0.05, 0) is 60.8 Å². The van der Waals surface area contributed by atoms with Crippen molar-refractivity contribution in [1.29, 1.82) is 0 Å². The molecule has 6 nitrogen and oxygen atoms in total. The van der Waals surface area contributed by atoms with E-state index in [9.17, 15) is 13.2 Å². The van der Waals surface area contributed by atoms with E-state index in [1.165, 1.54) is 28.0 Å². The van der Waals surface area contributed by atoms with Gasteiger partial charge in [-0.1, -0.05) is 23.2 Å². The van der Waals surface area contributed by atoms with Crippen LogP contribution in [0.5, 0.6) is 0 Å². The SMILES string of the molecule is O=C(Nc1ccc2sncc2c1)C1CCN(S(=O)(=O)c2cc(Cl)ccc2Cl)CC1. The van der Waals surface area contributed by atoms with Crippen LogP contribution in [0.25, 0.3) is 10.1 Å². The van der Waals surface area contributed by atoms with Crippen LogP contribution in [-0.2, 0) is 14.8 Å². The summed E-state index contributed by atoms with van der Waals surface area (Å²) in [5.41, 5.74) is 0.712. The first kappa shape index (κ1) is 20.6. The van der Waals surface area contributed by atoms with Crippen LogP contribution in [0.2, 0.25) is 10.0 Å². The van der Waals surface area contributed by atoms with E-state index in [4.69, 9.17) is 23.2 Å². The second kappa shape index (κ2) is 8.20. The summed E-state index contributed by atoms with van der Waals surface area (Å²) in [6.45, 7) is 0.494. The van der Waals surface area contributed by atoms with Crippen molar-refractivity contribution < 1.29 is 13.2 Å². The summed E-state index contributed by atoms with van der Waals surface area (Å²) < 4.78 is 32.4. The Labute approximate surface area is 182 Å². The smallest absolute Gasteiger partial charge is 0.244 e. The number of carbonyl (C=O) groups is 1. The van der Waals surface area contributed by atoms with Crippen LogP contribution >= 0.6 is 34.7 Å². The first-order valence-corrected chi connectivity index (χ1v) is 11.9. The lowest BCUT2D eigenvalue weighted by Gasteiger charge is -2.30. The summed E-state index contributed by atoms with van der Waals surface area (Å²) in [5, 5.41) is 4.34. The monoisotopic (exact) mass is 469 g/mol. The fourth-order valence-corrected chi connectivity index (χ4v) is 6.20. The number of anilines is 1. The molecule has 0 unspecified atom stereocenters. The molecule has 2 heterocycles. The zero-order valence-corrected chi connectivity index (χ0v) is 18.3. The van der Waals surface area contributed by atoms with Gasteiger partial charge >= 0.3 is 0 Å². The third-order valence-electron chi connectivity index (χ3n) is 4.96. The number of rotatable bonds is 4. The van der Waals surface area contributed by atoms with Crippen molar-refractivity contribution >= 4 is 66.4 Å². The highest BCUT2D eigenvalue weighted by molar-refractivity contribution is 7.89. The third kappa shape index (κ3) is 4.27. The van der Waals surface area contributed by atoms with Crippen molar-refractivity contribution in [3.63, 3.8) is 0 Å². The summed E-state index contributed by atoms with van der Waals surface area (Å²) in [5.74, 6) is -0.363. The number of piperidine rings is 1. The molecule has 1 saturated heterocycles. The lowest BCUT2D eigenvalue weighted by atomic mass is 9.97. The normalized spacial score (nSPS) is 16.2. The maximum Gasteiger partial charge on any atom is 0.244 e. The van der Waals surface area contributed by atoms with E-state index in [1.54, 1.807) is 12.3 Å². The lowest BCUT2D eigenvalue weighted by Crippen LogP contribution is -2.41. The van der Waals surface area contributed by atoms with Gasteiger partial charge in [-0.2, -0.15) is 8.68 Å². The van der Waals surface area contributed by atoms with E-state index in [0.717, 1.165) is 10.1 Å². The standard InChI is InChI=1S/C19H17Cl2N3O3S2/c20-14-1-3-16(21)18(10-14)29(26,27)24-7-5-12(6-8-24)19(25)23-15-2-4-17-13(9-15)11-22-28-17/h1-4,9-12H,5-8H2,(H,23,25). The average Bonchev–Trinajstić information content (AvgIpc) is 3.17. The predicted octanol–water partition coefficient (Wildman–Crippen LogP) is 4.64. The molecule has 1 amide bonds. The minimum Gasteiger partial charge on any atom is -0.326 e. The molecule has 4 rings (SSSR count). The molecule has 1 fully saturated rings. The molecule has 1 aliphatic heterocycles. The molecule has 152 valence electrons. The van der Waals surface area contributed by atoms with Crippen molar-refractivity contribution in [1.82, 2.24) is 8.68 Å². The molecule has 0 bridgehead atoms. The Morgan fingerprint density at radius 2 is 1.90 bits per heavy atom. The van der Waals surface area contributed by atoms with Gasteiger partial charge in [-0.3, -0.25) is 4.79 Å². The Hall–Kier alpha value is -1.71. The van der Waals surface area contributed by atoms with Crippen LogP contribution in [-0.4, -0.2) is 36.1 Å². The Morgan fingerprint density at radius 1 is 1.14 bits per heavy atom. The number of carbonyl (C=O) groups excluding carboxylic acids is 1. The van der Waals surface area contributed by atoms with Gasteiger partial charge in [0, 0.05) is 41.3 Å². The second-order valence-corrected chi connectivity index (χ2v) is 10.4. The zero-order chi connectivity index (χ0) is 20.6. The molecule has 1 aliphatic rings. The van der Waals surface area contributed by atoms with Crippen LogP contribution in [0.15, 0.2) is 47.5 Å². The minimum absolute atomic E-state index is 0.00718. The van der Waals surface area contributed by atoms with Gasteiger partial charge in [0.2, 0.25) is 15.9 Å². The van der Waals surface area contributed by atoms with E-state index >= 15 is 0 Å². The second-order valence-electron chi connectivity index (χ2n) is 6.82. The van der Waals surface area contributed by atoms with Crippen LogP contribution < -0.4 is 5.32 Å². The van der Waals surface area contributed by atoms with Gasteiger partial charge in [-0.15, -0.1) is 0 Å². The summed E-state index contributed by atoms with van der Waals surface area (Å²) in [6, 6.07) is 10.0. The van der Waals surface area contributed by atoms with Gasteiger partial charge in [0.05, 0.1) is 9.72 Å². The van der Waals surface area contributed by atoms with Crippen molar-refractivity contribution in [2.75, 3.05) is 18.4 Å². The van der Waals surface area contributed by atoms with Gasteiger partial charge in [-0.25, -0.2) is 8.42 Å². The number of benzene rings is 2. The highest BCUT2D eigenvalue weighted by Gasteiger charge is 2.33. The molecule has 29 heavy (non-hydrogen) atoms. The largest absolute Gasteiger partial charge is 0.326 e. The molecule has 0 atom stereocenters. The van der Waals surface area contributed by atoms with Crippen LogP contribution in [0.3, 0.4) is 0 Å². The molecule has 0 spiro atoms. The topological polar surface area (TPSA) is 79.4 Å². The molecular weight excluding hydrogens is 453 g/mol. The van der Waals surface area contributed by atoms with E-state index in [0.29, 0.717) is 23.6 Å². The van der Waals surface area contributed by atoms with Crippen LogP contribution in [0.1, 0.15) is 12.8 Å². The van der Waals surface area contributed by atoms with Gasteiger partial charge < -0.3 is 5.32 Å². The molecular formula is C19H17Cl2N3O3S2. The summed E-state index contributed by atoms with van der Waals surface area (Å²) in [4.78, 5) is 12.6. The maximum atomic E-state index is 12.9. The Bertz CT molecular complexity index is 1170. The maximum absolute atomic E-state index is 12.9. The molecule has 3 aromatic rings. The zero-order valence-electron chi connectivity index (χ0n) is 15.1. The van der Waals surface area contributed by atoms with Crippen molar-refractivity contribution in [3.05, 3.63) is 52.6 Å². The molecule has 0 radical (unpaired) electrons. The number of sulfonamides is 1. The minimum atomic E-state index is -3.76. The predicted molar refractivity (Wildman–Crippen MR) is 116 cm³/mol. The van der Waals surface area contributed by atoms with Crippen molar-refractivity contribution in [3.8, 4) is 0 Å². The number of hydrogen-bond donors (Lipinski definition) is 1. The number of halogens is 2. The Morgan fingerprint density at radius 3 is 2.66 bits per heavy atom. The van der Waals surface area contributed by atoms with Gasteiger partial charge in [0.15, 0.2) is 0 Å². The summed E-state index contributed by atoms with van der Waals surface area (Å²) in [6.07, 6.45) is 2.64. The van der Waals surface area contributed by atoms with Crippen LogP contribution in [0, 0.1) is 5.92 Å². The van der Waals surface area contributed by atoms with Gasteiger partial charge in [0.1, 0.15) is 4.90 Å². The highest BCUT2D eigenvalue weighted by Crippen LogP contribution is 2.31. The number of amides is 1. The number of aromatic nitrogens is 1. The van der Waals surface area contributed by atoms with Crippen molar-refractivity contribution in [2.24, 2.45) is 5.92 Å². The first-order valence-electron chi connectivity index (χ1n) is 8.95. The third-order valence-corrected chi connectivity index (χ3v) is 8.35. The highest BCUT2D eigenvalue weighted by atomic mass is 35.5. The lowest BCUT2D eigenvalue weighted by molar-refractivity contribution is -0.120. The summed E-state index contributed by atoms with van der Waals surface area (Å²) in [7, 11) is -3.76. The first-order chi connectivity index (χ1) is 13.8. The average molecular weight is 470 g/mol. The molecule has 10 heteroatoms. The van der Waals surface area contributed by atoms with E-state index in [2.05, 4.69) is 9.69 Å². The number of nitrogens with one attached hydrogen (secondary N) is 1. The summed E-state index contributed by atoms with van der Waals surface area (Å²) >= 11 is 13.4. The number of hydrogen-bond acceptors (Lipinski definition) is 5. The molecule has 1 N–H and O–H groups in total. The fourth-order valence-electron chi connectivity index (χ4n) is 3.37. The van der Waals surface area contributed by atoms with Gasteiger partial charge in [0.25, 0.3) is 0 Å². The van der Waals surface area contributed by atoms with Crippen molar-refractivity contribution in [2.45, 2.75) is 17.7 Å². The quantitative estimate of drug-likeness (QED) is 0.603. The number of fused-ring (bicyclic) bond motifs is 1. The fraction of sp³-hybridized carbons (Fsp3) is 0.263. The molecule has 0 saturated carbocycles.